The number of hydrogen-bond acceptors (Lipinski definition) is 5. The maximum Gasteiger partial charge on any atom is 0.261 e. The number of carbonyl (C=O) groups is 1. The average molecular weight is 507 g/mol. The highest BCUT2D eigenvalue weighted by Crippen LogP contribution is 2.30. The van der Waals surface area contributed by atoms with Gasteiger partial charge in [-0.25, -0.2) is 12.8 Å². The van der Waals surface area contributed by atoms with Crippen molar-refractivity contribution in [3.63, 3.8) is 0 Å². The molecule has 0 bridgehead atoms. The van der Waals surface area contributed by atoms with Gasteiger partial charge in [-0.05, 0) is 73.7 Å². The Labute approximate surface area is 208 Å². The first kappa shape index (κ1) is 24.7. The van der Waals surface area contributed by atoms with Crippen LogP contribution in [-0.2, 0) is 10.0 Å². The Hall–Kier alpha value is -4.37. The second-order valence-corrected chi connectivity index (χ2v) is 9.25. The molecular formula is C27H23FN2O5S. The molecule has 0 fully saturated rings. The molecule has 0 aliphatic rings. The minimum Gasteiger partial charge on any atom is -0.492 e. The van der Waals surface area contributed by atoms with Gasteiger partial charge in [-0.3, -0.25) is 9.52 Å². The number of nitrogens with one attached hydrogen (secondary N) is 2. The van der Waals surface area contributed by atoms with Crippen molar-refractivity contribution in [1.82, 2.24) is 0 Å². The van der Waals surface area contributed by atoms with Crippen LogP contribution in [0.3, 0.4) is 0 Å². The van der Waals surface area contributed by atoms with Crippen molar-refractivity contribution in [2.45, 2.75) is 11.8 Å². The number of benzene rings is 4. The smallest absolute Gasteiger partial charge is 0.261 e. The summed E-state index contributed by atoms with van der Waals surface area (Å²) in [5.74, 6) is 0.0285. The number of ether oxygens (including phenoxy) is 2. The zero-order valence-electron chi connectivity index (χ0n) is 19.3. The molecule has 184 valence electrons. The predicted molar refractivity (Wildman–Crippen MR) is 136 cm³/mol. The molecule has 0 radical (unpaired) electrons. The van der Waals surface area contributed by atoms with E-state index < -0.39 is 21.7 Å². The van der Waals surface area contributed by atoms with Gasteiger partial charge in [0.25, 0.3) is 15.9 Å². The zero-order chi connectivity index (χ0) is 25.5. The average Bonchev–Trinajstić information content (AvgIpc) is 2.87. The molecule has 0 aliphatic carbocycles. The van der Waals surface area contributed by atoms with Crippen molar-refractivity contribution in [1.29, 1.82) is 0 Å². The third kappa shape index (κ3) is 6.00. The lowest BCUT2D eigenvalue weighted by molar-refractivity contribution is 0.102. The Balaban J connectivity index is 1.54. The van der Waals surface area contributed by atoms with Crippen molar-refractivity contribution < 1.29 is 27.1 Å². The summed E-state index contributed by atoms with van der Waals surface area (Å²) in [6.45, 7) is 2.03. The Bertz CT molecular complexity index is 1460. The number of anilines is 2. The van der Waals surface area contributed by atoms with E-state index in [0.717, 1.165) is 0 Å². The highest BCUT2D eigenvalue weighted by atomic mass is 32.2. The SMILES string of the molecule is CCOc1ccc(S(=O)(=O)Nc2ccc(Oc3ccccc3)cc2)cc1NC(=O)c1ccccc1F. The van der Waals surface area contributed by atoms with Gasteiger partial charge in [0.2, 0.25) is 0 Å². The van der Waals surface area contributed by atoms with E-state index in [-0.39, 0.29) is 28.5 Å². The van der Waals surface area contributed by atoms with E-state index >= 15 is 0 Å². The normalized spacial score (nSPS) is 10.9. The van der Waals surface area contributed by atoms with Crippen LogP contribution in [-0.4, -0.2) is 20.9 Å². The van der Waals surface area contributed by atoms with Crippen LogP contribution in [0.15, 0.2) is 102 Å². The number of carbonyl (C=O) groups excluding carboxylic acids is 1. The fraction of sp³-hybridized carbons (Fsp3) is 0.0741. The van der Waals surface area contributed by atoms with Gasteiger partial charge in [-0.1, -0.05) is 30.3 Å². The first-order valence-electron chi connectivity index (χ1n) is 11.0. The third-order valence-electron chi connectivity index (χ3n) is 5.01. The summed E-state index contributed by atoms with van der Waals surface area (Å²) in [6.07, 6.45) is 0. The number of hydrogen-bond donors (Lipinski definition) is 2. The summed E-state index contributed by atoms with van der Waals surface area (Å²) in [4.78, 5) is 12.5. The summed E-state index contributed by atoms with van der Waals surface area (Å²) in [5, 5.41) is 2.55. The molecule has 0 saturated heterocycles. The van der Waals surface area contributed by atoms with Crippen molar-refractivity contribution in [3.05, 3.63) is 108 Å². The highest BCUT2D eigenvalue weighted by molar-refractivity contribution is 7.92. The molecular weight excluding hydrogens is 483 g/mol. The van der Waals surface area contributed by atoms with Crippen molar-refractivity contribution >= 4 is 27.3 Å². The van der Waals surface area contributed by atoms with Gasteiger partial charge in [0.1, 0.15) is 23.1 Å². The van der Waals surface area contributed by atoms with Crippen molar-refractivity contribution in [3.8, 4) is 17.2 Å². The molecule has 9 heteroatoms. The molecule has 0 saturated carbocycles. The molecule has 0 aliphatic heterocycles. The van der Waals surface area contributed by atoms with Crippen LogP contribution in [0.4, 0.5) is 15.8 Å². The lowest BCUT2D eigenvalue weighted by atomic mass is 10.2. The van der Waals surface area contributed by atoms with Crippen molar-refractivity contribution in [2.24, 2.45) is 0 Å². The summed E-state index contributed by atoms with van der Waals surface area (Å²) >= 11 is 0. The Morgan fingerprint density at radius 3 is 2.22 bits per heavy atom. The Morgan fingerprint density at radius 1 is 0.861 bits per heavy atom. The lowest BCUT2D eigenvalue weighted by Gasteiger charge is -2.15. The lowest BCUT2D eigenvalue weighted by Crippen LogP contribution is -2.17. The molecule has 2 N–H and O–H groups in total. The van der Waals surface area contributed by atoms with Crippen LogP contribution in [0, 0.1) is 5.82 Å². The molecule has 0 heterocycles. The largest absolute Gasteiger partial charge is 0.492 e. The molecule has 0 unspecified atom stereocenters. The topological polar surface area (TPSA) is 93.7 Å². The van der Waals surface area contributed by atoms with Crippen LogP contribution >= 0.6 is 0 Å². The number of rotatable bonds is 9. The van der Waals surface area contributed by atoms with Gasteiger partial charge in [-0.15, -0.1) is 0 Å². The van der Waals surface area contributed by atoms with Crippen LogP contribution in [0.5, 0.6) is 17.2 Å². The second kappa shape index (κ2) is 10.9. The predicted octanol–water partition coefficient (Wildman–Crippen LogP) is 6.07. The number of sulfonamides is 1. The van der Waals surface area contributed by atoms with Gasteiger partial charge in [0.05, 0.1) is 22.8 Å². The van der Waals surface area contributed by atoms with Gasteiger partial charge in [-0.2, -0.15) is 0 Å². The highest BCUT2D eigenvalue weighted by Gasteiger charge is 2.19. The zero-order valence-corrected chi connectivity index (χ0v) is 20.1. The van der Waals surface area contributed by atoms with Gasteiger partial charge in [0.15, 0.2) is 0 Å². The van der Waals surface area contributed by atoms with Gasteiger partial charge >= 0.3 is 0 Å². The van der Waals surface area contributed by atoms with E-state index in [0.29, 0.717) is 17.2 Å². The maximum atomic E-state index is 14.0. The number of amides is 1. The molecule has 36 heavy (non-hydrogen) atoms. The number of halogens is 1. The molecule has 4 rings (SSSR count). The van der Waals surface area contributed by atoms with Gasteiger partial charge in [0, 0.05) is 5.69 Å². The third-order valence-corrected chi connectivity index (χ3v) is 6.39. The molecule has 0 atom stereocenters. The van der Waals surface area contributed by atoms with Crippen LogP contribution < -0.4 is 19.5 Å². The maximum absolute atomic E-state index is 14.0. The first-order chi connectivity index (χ1) is 17.4. The minimum atomic E-state index is -4.02. The molecule has 0 aromatic heterocycles. The summed E-state index contributed by atoms with van der Waals surface area (Å²) in [6, 6.07) is 25.2. The van der Waals surface area contributed by atoms with E-state index in [2.05, 4.69) is 10.0 Å². The molecule has 1 amide bonds. The quantitative estimate of drug-likeness (QED) is 0.287. The monoisotopic (exact) mass is 506 g/mol. The second-order valence-electron chi connectivity index (χ2n) is 7.57. The molecule has 0 spiro atoms. The Morgan fingerprint density at radius 2 is 1.53 bits per heavy atom. The Kier molecular flexibility index (Phi) is 7.50. The van der Waals surface area contributed by atoms with E-state index in [1.54, 1.807) is 31.2 Å². The van der Waals surface area contributed by atoms with E-state index in [4.69, 9.17) is 9.47 Å². The summed E-state index contributed by atoms with van der Waals surface area (Å²) < 4.78 is 53.9. The molecule has 7 nitrogen and oxygen atoms in total. The summed E-state index contributed by atoms with van der Waals surface area (Å²) in [7, 11) is -4.02. The van der Waals surface area contributed by atoms with E-state index in [1.165, 1.54) is 42.5 Å². The van der Waals surface area contributed by atoms with Crippen LogP contribution in [0.1, 0.15) is 17.3 Å². The fourth-order valence-corrected chi connectivity index (χ4v) is 4.40. The first-order valence-corrected chi connectivity index (χ1v) is 12.5. The van der Waals surface area contributed by atoms with E-state index in [1.807, 2.05) is 30.3 Å². The van der Waals surface area contributed by atoms with E-state index in [9.17, 15) is 17.6 Å². The summed E-state index contributed by atoms with van der Waals surface area (Å²) in [5.41, 5.74) is 0.241. The van der Waals surface area contributed by atoms with Crippen molar-refractivity contribution in [2.75, 3.05) is 16.6 Å². The van der Waals surface area contributed by atoms with Crippen LogP contribution in [0.2, 0.25) is 0 Å². The standard InChI is InChI=1S/C27H23FN2O5S/c1-2-34-26-17-16-22(18-25(26)29-27(31)23-10-6-7-11-24(23)28)36(32,33)30-19-12-14-21(15-13-19)35-20-8-4-3-5-9-20/h3-18,30H,2H2,1H3,(H,29,31). The fourth-order valence-electron chi connectivity index (χ4n) is 3.32. The van der Waals surface area contributed by atoms with Crippen LogP contribution in [0.25, 0.3) is 0 Å². The molecule has 4 aromatic rings. The van der Waals surface area contributed by atoms with Gasteiger partial charge < -0.3 is 14.8 Å². The minimum absolute atomic E-state index is 0.0968. The number of para-hydroxylation sites is 1. The molecule has 4 aromatic carbocycles.